The van der Waals surface area contributed by atoms with Crippen LogP contribution in [-0.4, -0.2) is 46.3 Å². The third kappa shape index (κ3) is 1.37. The van der Waals surface area contributed by atoms with Crippen molar-refractivity contribution in [3.05, 3.63) is 11.9 Å². The number of rotatable bonds is 0. The number of Topliss-reactive ketones (excluding diaryl/α,β-unsaturated/α-hetero) is 1. The molecule has 0 aromatic heterocycles. The van der Waals surface area contributed by atoms with Gasteiger partial charge in [-0.3, -0.25) is 4.79 Å². The molecule has 1 fully saturated rings. The highest BCUT2D eigenvalue weighted by Crippen LogP contribution is 2.43. The van der Waals surface area contributed by atoms with Gasteiger partial charge in [0.05, 0.1) is 0 Å². The lowest BCUT2D eigenvalue weighted by Gasteiger charge is -2.54. The average molecular weight is 248 g/mol. The van der Waals surface area contributed by atoms with Crippen molar-refractivity contribution < 1.29 is 4.79 Å². The molecule has 0 saturated heterocycles. The molecule has 1 saturated carbocycles. The summed E-state index contributed by atoms with van der Waals surface area (Å²) in [5.41, 5.74) is 1.20. The number of hydrogen-bond acceptors (Lipinski definition) is 5. The molecule has 18 heavy (non-hydrogen) atoms. The van der Waals surface area contributed by atoms with Gasteiger partial charge in [0.2, 0.25) is 5.78 Å². The van der Waals surface area contributed by atoms with Crippen LogP contribution >= 0.6 is 0 Å². The van der Waals surface area contributed by atoms with Crippen molar-refractivity contribution >= 4 is 11.5 Å². The molecule has 2 aliphatic heterocycles. The minimum atomic E-state index is -0.134. The molecule has 2 heterocycles. The van der Waals surface area contributed by atoms with Gasteiger partial charge in [-0.05, 0) is 32.6 Å². The molecular formula is C13H20N4O. The van der Waals surface area contributed by atoms with Crippen molar-refractivity contribution in [1.82, 2.24) is 15.0 Å². The van der Waals surface area contributed by atoms with Crippen LogP contribution in [0, 0.1) is 0 Å². The molecule has 0 radical (unpaired) electrons. The number of hydrazone groups is 1. The highest BCUT2D eigenvalue weighted by Gasteiger charge is 2.50. The Balaban J connectivity index is 2.08. The van der Waals surface area contributed by atoms with E-state index in [0.717, 1.165) is 18.5 Å². The summed E-state index contributed by atoms with van der Waals surface area (Å²) >= 11 is 0. The quantitative estimate of drug-likeness (QED) is 0.652. The van der Waals surface area contributed by atoms with E-state index in [4.69, 9.17) is 0 Å². The zero-order valence-corrected chi connectivity index (χ0v) is 11.3. The van der Waals surface area contributed by atoms with E-state index in [1.807, 2.05) is 23.3 Å². The summed E-state index contributed by atoms with van der Waals surface area (Å²) in [7, 11) is 4.09. The Hall–Kier alpha value is -1.36. The second-order valence-corrected chi connectivity index (χ2v) is 5.48. The predicted octanol–water partition coefficient (Wildman–Crippen LogP) is 1.54. The number of hydrogen-bond donors (Lipinski definition) is 0. The van der Waals surface area contributed by atoms with Crippen LogP contribution in [-0.2, 0) is 4.79 Å². The molecular weight excluding hydrogens is 228 g/mol. The van der Waals surface area contributed by atoms with E-state index in [1.165, 1.54) is 19.3 Å². The van der Waals surface area contributed by atoms with Crippen LogP contribution in [0.4, 0.5) is 0 Å². The Morgan fingerprint density at radius 2 is 1.89 bits per heavy atom. The van der Waals surface area contributed by atoms with Gasteiger partial charge in [-0.2, -0.15) is 10.1 Å². The van der Waals surface area contributed by atoms with E-state index in [1.54, 1.807) is 6.92 Å². The van der Waals surface area contributed by atoms with Gasteiger partial charge >= 0.3 is 0 Å². The average Bonchev–Trinajstić information content (AvgIpc) is 2.66. The molecule has 3 aliphatic rings. The molecule has 0 aromatic rings. The number of allylic oxidation sites excluding steroid dienone is 1. The first-order valence-electron chi connectivity index (χ1n) is 6.65. The van der Waals surface area contributed by atoms with E-state index in [2.05, 4.69) is 17.2 Å². The van der Waals surface area contributed by atoms with E-state index in [0.29, 0.717) is 5.71 Å². The van der Waals surface area contributed by atoms with Crippen LogP contribution in [0.5, 0.6) is 0 Å². The van der Waals surface area contributed by atoms with Crippen molar-refractivity contribution in [3.8, 4) is 0 Å². The largest absolute Gasteiger partial charge is 0.312 e. The summed E-state index contributed by atoms with van der Waals surface area (Å²) < 4.78 is 0. The van der Waals surface area contributed by atoms with Crippen LogP contribution in [0.3, 0.4) is 0 Å². The van der Waals surface area contributed by atoms with Gasteiger partial charge in [-0.1, -0.05) is 6.42 Å². The molecule has 1 aliphatic carbocycles. The number of fused-ring (bicyclic) bond motifs is 2. The minimum absolute atomic E-state index is 0.0694. The zero-order valence-electron chi connectivity index (χ0n) is 11.3. The summed E-state index contributed by atoms with van der Waals surface area (Å²) in [4.78, 5) is 12.1. The van der Waals surface area contributed by atoms with E-state index < -0.39 is 0 Å². The molecule has 0 N–H and O–H groups in total. The fraction of sp³-hybridized carbons (Fsp3) is 0.692. The van der Waals surface area contributed by atoms with Crippen molar-refractivity contribution in [2.24, 2.45) is 5.10 Å². The third-order valence-electron chi connectivity index (χ3n) is 4.47. The van der Waals surface area contributed by atoms with Crippen LogP contribution in [0.15, 0.2) is 17.0 Å². The van der Waals surface area contributed by atoms with Crippen molar-refractivity contribution in [1.29, 1.82) is 0 Å². The smallest absolute Gasteiger partial charge is 0.228 e. The van der Waals surface area contributed by atoms with Gasteiger partial charge in [0, 0.05) is 20.3 Å². The van der Waals surface area contributed by atoms with Crippen LogP contribution in [0.1, 0.15) is 39.0 Å². The van der Waals surface area contributed by atoms with Gasteiger partial charge in [0.25, 0.3) is 0 Å². The Morgan fingerprint density at radius 1 is 1.22 bits per heavy atom. The summed E-state index contributed by atoms with van der Waals surface area (Å²) in [6.45, 7) is 1.80. The molecule has 3 rings (SSSR count). The van der Waals surface area contributed by atoms with Gasteiger partial charge in [-0.15, -0.1) is 0 Å². The first-order chi connectivity index (χ1) is 8.56. The summed E-state index contributed by atoms with van der Waals surface area (Å²) in [6, 6.07) is 0. The maximum absolute atomic E-state index is 12.1. The number of hydrazine groups is 1. The van der Waals surface area contributed by atoms with Crippen molar-refractivity contribution in [3.63, 3.8) is 0 Å². The Bertz CT molecular complexity index is 448. The highest BCUT2D eigenvalue weighted by molar-refractivity contribution is 6.46. The molecule has 5 heteroatoms. The maximum atomic E-state index is 12.1. The SMILES string of the molecule is CC1=NN2C(=CN(C)N(C)C23CCCCC3)C1=O. The van der Waals surface area contributed by atoms with Crippen molar-refractivity contribution in [2.45, 2.75) is 44.7 Å². The fourth-order valence-electron chi connectivity index (χ4n) is 3.31. The molecule has 0 aromatic carbocycles. The van der Waals surface area contributed by atoms with Gasteiger partial charge < -0.3 is 5.01 Å². The molecule has 0 bridgehead atoms. The lowest BCUT2D eigenvalue weighted by Crippen LogP contribution is -2.64. The molecule has 0 amide bonds. The zero-order chi connectivity index (χ0) is 12.9. The van der Waals surface area contributed by atoms with Crippen LogP contribution in [0.2, 0.25) is 0 Å². The van der Waals surface area contributed by atoms with E-state index >= 15 is 0 Å². The Morgan fingerprint density at radius 3 is 2.56 bits per heavy atom. The van der Waals surface area contributed by atoms with E-state index in [9.17, 15) is 4.79 Å². The van der Waals surface area contributed by atoms with Crippen molar-refractivity contribution in [2.75, 3.05) is 14.1 Å². The van der Waals surface area contributed by atoms with Gasteiger partial charge in [-0.25, -0.2) is 5.01 Å². The summed E-state index contributed by atoms with van der Waals surface area (Å²) in [5, 5.41) is 10.8. The number of nitrogens with zero attached hydrogens (tertiary/aromatic N) is 4. The molecule has 1 spiro atoms. The third-order valence-corrected chi connectivity index (χ3v) is 4.47. The van der Waals surface area contributed by atoms with Crippen LogP contribution in [0.25, 0.3) is 0 Å². The topological polar surface area (TPSA) is 39.1 Å². The lowest BCUT2D eigenvalue weighted by atomic mass is 9.87. The maximum Gasteiger partial charge on any atom is 0.228 e. The number of ketones is 1. The second-order valence-electron chi connectivity index (χ2n) is 5.48. The molecule has 0 unspecified atom stereocenters. The lowest BCUT2D eigenvalue weighted by molar-refractivity contribution is -0.156. The van der Waals surface area contributed by atoms with Gasteiger partial charge in [0.1, 0.15) is 17.1 Å². The molecule has 98 valence electrons. The fourth-order valence-corrected chi connectivity index (χ4v) is 3.31. The monoisotopic (exact) mass is 248 g/mol. The normalized spacial score (nSPS) is 27.4. The van der Waals surface area contributed by atoms with Gasteiger partial charge in [0.15, 0.2) is 0 Å². The number of carbonyl (C=O) groups is 1. The minimum Gasteiger partial charge on any atom is -0.312 e. The van der Waals surface area contributed by atoms with Crippen LogP contribution < -0.4 is 0 Å². The highest BCUT2D eigenvalue weighted by atomic mass is 16.1. The Kier molecular flexibility index (Phi) is 2.48. The second kappa shape index (κ2) is 3.82. The predicted molar refractivity (Wildman–Crippen MR) is 69.4 cm³/mol. The summed E-state index contributed by atoms with van der Waals surface area (Å²) in [6.07, 6.45) is 7.70. The standard InChI is InChI=1S/C13H20N4O/c1-10-12(18)11-9-15(2)16(3)13(17(11)14-10)7-5-4-6-8-13/h9H,4-8H2,1-3H3. The molecule has 0 atom stereocenters. The first kappa shape index (κ1) is 11.7. The number of carbonyl (C=O) groups excluding carboxylic acids is 1. The molecule has 5 nitrogen and oxygen atoms in total. The first-order valence-corrected chi connectivity index (χ1v) is 6.65. The van der Waals surface area contributed by atoms with E-state index in [-0.39, 0.29) is 11.4 Å². The summed E-state index contributed by atoms with van der Waals surface area (Å²) in [5.74, 6) is 0.0694. The Labute approximate surface area is 108 Å².